The highest BCUT2D eigenvalue weighted by Crippen LogP contribution is 2.21. The van der Waals surface area contributed by atoms with Crippen LogP contribution in [0.15, 0.2) is 18.2 Å². The zero-order chi connectivity index (χ0) is 14.0. The van der Waals surface area contributed by atoms with Crippen LogP contribution in [0.25, 0.3) is 0 Å². The minimum Gasteiger partial charge on any atom is -0.488 e. The van der Waals surface area contributed by atoms with Crippen molar-refractivity contribution >= 4 is 0 Å². The maximum absolute atomic E-state index is 13.1. The average Bonchev–Trinajstić information content (AvgIpc) is 2.34. The number of hydrogen-bond donors (Lipinski definition) is 0. The zero-order valence-electron chi connectivity index (χ0n) is 11.8. The minimum absolute atomic E-state index is 0.257. The molecule has 1 nitrogen and oxygen atoms in total. The smallest absolute Gasteiger partial charge is 0.190 e. The third-order valence-electron chi connectivity index (χ3n) is 2.34. The van der Waals surface area contributed by atoms with Crippen LogP contribution >= 0.6 is 0 Å². The Bertz CT molecular complexity index is 304. The summed E-state index contributed by atoms with van der Waals surface area (Å²) in [6.07, 6.45) is 2.96. The number of unbranched alkanes of at least 4 members (excludes halogenated alkanes) is 1. The van der Waals surface area contributed by atoms with Gasteiger partial charge in [-0.15, -0.1) is 0 Å². The highest BCUT2D eigenvalue weighted by Gasteiger charge is 2.08. The molecule has 0 aromatic heterocycles. The highest BCUT2D eigenvalue weighted by atomic mass is 19.1. The fourth-order valence-electron chi connectivity index (χ4n) is 1.45. The molecule has 0 bridgehead atoms. The van der Waals surface area contributed by atoms with Gasteiger partial charge in [0.1, 0.15) is 0 Å². The van der Waals surface area contributed by atoms with Crippen molar-refractivity contribution in [3.05, 3.63) is 29.8 Å². The summed E-state index contributed by atoms with van der Waals surface area (Å²) in [5, 5.41) is 0. The number of ether oxygens (including phenoxy) is 1. The molecule has 3 heteroatoms. The van der Waals surface area contributed by atoms with Crippen LogP contribution in [0.1, 0.15) is 47.0 Å². The molecule has 18 heavy (non-hydrogen) atoms. The van der Waals surface area contributed by atoms with Crippen LogP contribution in [-0.4, -0.2) is 6.61 Å². The molecule has 104 valence electrons. The molecule has 0 saturated heterocycles. The van der Waals surface area contributed by atoms with Gasteiger partial charge in [-0.1, -0.05) is 40.2 Å². The predicted octanol–water partition coefficient (Wildman–Crippen LogP) is 5.20. The van der Waals surface area contributed by atoms with E-state index in [1.165, 1.54) is 18.2 Å². The van der Waals surface area contributed by atoms with Gasteiger partial charge in [0.2, 0.25) is 0 Å². The van der Waals surface area contributed by atoms with Gasteiger partial charge in [-0.25, -0.2) is 8.78 Å². The molecule has 0 amide bonds. The van der Waals surface area contributed by atoms with Gasteiger partial charge in [0.25, 0.3) is 0 Å². The lowest BCUT2D eigenvalue weighted by Gasteiger charge is -2.08. The molecular formula is C15H24F2O. The number of halogens is 2. The van der Waals surface area contributed by atoms with Crippen molar-refractivity contribution < 1.29 is 13.5 Å². The molecule has 0 spiro atoms. The summed E-state index contributed by atoms with van der Waals surface area (Å²) in [7, 11) is 0. The van der Waals surface area contributed by atoms with Crippen LogP contribution in [0, 0.1) is 17.6 Å². The largest absolute Gasteiger partial charge is 0.488 e. The second kappa shape index (κ2) is 9.86. The number of para-hydroxylation sites is 1. The second-order valence-electron chi connectivity index (χ2n) is 4.29. The fourth-order valence-corrected chi connectivity index (χ4v) is 1.45. The third kappa shape index (κ3) is 6.58. The molecular weight excluding hydrogens is 234 g/mol. The van der Waals surface area contributed by atoms with Gasteiger partial charge in [0.05, 0.1) is 6.61 Å². The van der Waals surface area contributed by atoms with Crippen molar-refractivity contribution in [2.45, 2.75) is 47.0 Å². The SMILES string of the molecule is CC.CC(C)CCCCOc1c(F)cccc1F. The summed E-state index contributed by atoms with van der Waals surface area (Å²) >= 11 is 0. The summed E-state index contributed by atoms with van der Waals surface area (Å²) in [6.45, 7) is 8.67. The molecule has 0 unspecified atom stereocenters. The van der Waals surface area contributed by atoms with Gasteiger partial charge in [-0.3, -0.25) is 0 Å². The van der Waals surface area contributed by atoms with E-state index < -0.39 is 11.6 Å². The van der Waals surface area contributed by atoms with Gasteiger partial charge in [-0.05, 0) is 30.9 Å². The van der Waals surface area contributed by atoms with E-state index >= 15 is 0 Å². The molecule has 0 heterocycles. The molecule has 0 atom stereocenters. The van der Waals surface area contributed by atoms with Gasteiger partial charge in [0, 0.05) is 0 Å². The number of rotatable bonds is 6. The molecule has 0 aliphatic heterocycles. The van der Waals surface area contributed by atoms with E-state index in [-0.39, 0.29) is 5.75 Å². The molecule has 0 aliphatic carbocycles. The minimum atomic E-state index is -0.635. The Kier molecular flexibility index (Phi) is 9.25. The summed E-state index contributed by atoms with van der Waals surface area (Å²) in [6, 6.07) is 3.73. The number of benzene rings is 1. The van der Waals surface area contributed by atoms with Crippen molar-refractivity contribution in [1.29, 1.82) is 0 Å². The molecule has 1 aromatic rings. The highest BCUT2D eigenvalue weighted by molar-refractivity contribution is 5.25. The Morgan fingerprint density at radius 2 is 1.61 bits per heavy atom. The van der Waals surface area contributed by atoms with E-state index in [1.807, 2.05) is 13.8 Å². The quantitative estimate of drug-likeness (QED) is 0.637. The summed E-state index contributed by atoms with van der Waals surface area (Å²) in [5.41, 5.74) is 0. The van der Waals surface area contributed by atoms with Crippen molar-refractivity contribution in [2.75, 3.05) is 6.61 Å². The Labute approximate surface area is 109 Å². The zero-order valence-corrected chi connectivity index (χ0v) is 11.8. The monoisotopic (exact) mass is 258 g/mol. The fraction of sp³-hybridized carbons (Fsp3) is 0.600. The van der Waals surface area contributed by atoms with Crippen molar-refractivity contribution in [3.63, 3.8) is 0 Å². The Morgan fingerprint density at radius 3 is 2.11 bits per heavy atom. The first kappa shape index (κ1) is 16.9. The van der Waals surface area contributed by atoms with Gasteiger partial charge in [-0.2, -0.15) is 0 Å². The molecule has 0 N–H and O–H groups in total. The van der Waals surface area contributed by atoms with E-state index in [0.29, 0.717) is 12.5 Å². The average molecular weight is 258 g/mol. The first-order valence-electron chi connectivity index (χ1n) is 6.68. The second-order valence-corrected chi connectivity index (χ2v) is 4.29. The maximum Gasteiger partial charge on any atom is 0.190 e. The van der Waals surface area contributed by atoms with Crippen molar-refractivity contribution in [2.24, 2.45) is 5.92 Å². The topological polar surface area (TPSA) is 9.23 Å². The van der Waals surface area contributed by atoms with E-state index in [1.54, 1.807) is 0 Å². The van der Waals surface area contributed by atoms with E-state index in [2.05, 4.69) is 13.8 Å². The van der Waals surface area contributed by atoms with Crippen molar-refractivity contribution in [1.82, 2.24) is 0 Å². The van der Waals surface area contributed by atoms with Gasteiger partial charge < -0.3 is 4.74 Å². The maximum atomic E-state index is 13.1. The summed E-state index contributed by atoms with van der Waals surface area (Å²) < 4.78 is 31.3. The third-order valence-corrected chi connectivity index (χ3v) is 2.34. The van der Waals surface area contributed by atoms with Crippen LogP contribution in [0.5, 0.6) is 5.75 Å². The normalized spacial score (nSPS) is 9.94. The lowest BCUT2D eigenvalue weighted by molar-refractivity contribution is 0.273. The molecule has 1 aromatic carbocycles. The standard InChI is InChI=1S/C13H18F2O.C2H6/c1-10(2)6-3-4-9-16-13-11(14)7-5-8-12(13)15;1-2/h5,7-8,10H,3-4,6,9H2,1-2H3;1-2H3. The van der Waals surface area contributed by atoms with Crippen molar-refractivity contribution in [3.8, 4) is 5.75 Å². The number of hydrogen-bond acceptors (Lipinski definition) is 1. The molecule has 1 rings (SSSR count). The Hall–Kier alpha value is -1.12. The Balaban J connectivity index is 0.00000137. The molecule has 0 aliphatic rings. The first-order valence-corrected chi connectivity index (χ1v) is 6.68. The molecule has 0 radical (unpaired) electrons. The Morgan fingerprint density at radius 1 is 1.06 bits per heavy atom. The molecule has 0 saturated carbocycles. The summed E-state index contributed by atoms with van der Waals surface area (Å²) in [4.78, 5) is 0. The van der Waals surface area contributed by atoms with Crippen LogP contribution < -0.4 is 4.74 Å². The predicted molar refractivity (Wildman–Crippen MR) is 71.9 cm³/mol. The van der Waals surface area contributed by atoms with E-state index in [0.717, 1.165) is 19.3 Å². The van der Waals surface area contributed by atoms with E-state index in [4.69, 9.17) is 4.74 Å². The van der Waals surface area contributed by atoms with Gasteiger partial charge >= 0.3 is 0 Å². The van der Waals surface area contributed by atoms with Crippen LogP contribution in [-0.2, 0) is 0 Å². The van der Waals surface area contributed by atoms with Gasteiger partial charge in [0.15, 0.2) is 17.4 Å². The first-order chi connectivity index (χ1) is 8.61. The van der Waals surface area contributed by atoms with E-state index in [9.17, 15) is 8.78 Å². The van der Waals surface area contributed by atoms with Crippen LogP contribution in [0.4, 0.5) is 8.78 Å². The van der Waals surface area contributed by atoms with Crippen LogP contribution in [0.2, 0.25) is 0 Å². The molecule has 0 fully saturated rings. The lowest BCUT2D eigenvalue weighted by Crippen LogP contribution is -2.02. The summed E-state index contributed by atoms with van der Waals surface area (Å²) in [5.74, 6) is -0.870. The van der Waals surface area contributed by atoms with Crippen LogP contribution in [0.3, 0.4) is 0 Å². The lowest BCUT2D eigenvalue weighted by atomic mass is 10.1.